The fourth-order valence-corrected chi connectivity index (χ4v) is 7.92. The highest BCUT2D eigenvalue weighted by Gasteiger charge is 2.12. The standard InChI is InChI=1S/C52H102N2O3/c1-4-7-10-13-16-19-20-21-22-23-24-25-26-31-34-39-44-53(48-49-55)45-40-35-32-27-28-33-38-43-50-57-52(56)51-54(46-41-36-29-17-14-11-8-5-2)47-42-37-30-18-15-12-9-6-3/h16,19,21-22,55H,4-15,17-18,20,23-51H2,1-3H3/b19-16-,22-21-. The Morgan fingerprint density at radius 3 is 1.16 bits per heavy atom. The van der Waals surface area contributed by atoms with Crippen LogP contribution < -0.4 is 0 Å². The van der Waals surface area contributed by atoms with Gasteiger partial charge in [-0.1, -0.05) is 212 Å². The molecule has 5 nitrogen and oxygen atoms in total. The van der Waals surface area contributed by atoms with E-state index >= 15 is 0 Å². The SMILES string of the molecule is CCCCC/C=C\C/C=C\CCCCCCCCN(CCO)CCCCCCCCCCOC(=O)CN(CCCCCCCCCC)CCCCCCCCCC. The number of nitrogens with zero attached hydrogens (tertiary/aromatic N) is 2. The zero-order valence-corrected chi connectivity index (χ0v) is 39.1. The molecule has 0 aromatic rings. The molecular weight excluding hydrogens is 701 g/mol. The third kappa shape index (κ3) is 45.8. The van der Waals surface area contributed by atoms with E-state index in [0.717, 1.165) is 52.0 Å². The Labute approximate surface area is 358 Å². The van der Waals surface area contributed by atoms with Crippen LogP contribution in [0.15, 0.2) is 24.3 Å². The minimum atomic E-state index is -0.0182. The monoisotopic (exact) mass is 803 g/mol. The molecule has 0 atom stereocenters. The van der Waals surface area contributed by atoms with Crippen molar-refractivity contribution in [3.63, 3.8) is 0 Å². The highest BCUT2D eigenvalue weighted by Crippen LogP contribution is 2.14. The van der Waals surface area contributed by atoms with E-state index in [0.29, 0.717) is 13.2 Å². The molecule has 0 aromatic carbocycles. The second kappa shape index (κ2) is 49.2. The van der Waals surface area contributed by atoms with Gasteiger partial charge >= 0.3 is 5.97 Å². The fourth-order valence-electron chi connectivity index (χ4n) is 7.92. The van der Waals surface area contributed by atoms with Crippen LogP contribution >= 0.6 is 0 Å². The van der Waals surface area contributed by atoms with E-state index in [1.165, 1.54) is 212 Å². The van der Waals surface area contributed by atoms with Crippen molar-refractivity contribution >= 4 is 5.97 Å². The first kappa shape index (κ1) is 55.8. The molecule has 0 saturated carbocycles. The van der Waals surface area contributed by atoms with Crippen molar-refractivity contribution in [2.45, 2.75) is 252 Å². The van der Waals surface area contributed by atoms with E-state index < -0.39 is 0 Å². The zero-order chi connectivity index (χ0) is 41.4. The average Bonchev–Trinajstić information content (AvgIpc) is 3.21. The number of carbonyl (C=O) groups excluding carboxylic acids is 1. The van der Waals surface area contributed by atoms with E-state index in [4.69, 9.17) is 4.74 Å². The van der Waals surface area contributed by atoms with Gasteiger partial charge in [-0.05, 0) is 90.4 Å². The quantitative estimate of drug-likeness (QED) is 0.0377. The van der Waals surface area contributed by atoms with Crippen LogP contribution in [0.2, 0.25) is 0 Å². The molecule has 0 saturated heterocycles. The van der Waals surface area contributed by atoms with Crippen LogP contribution in [0.25, 0.3) is 0 Å². The number of hydrogen-bond donors (Lipinski definition) is 1. The molecule has 1 N–H and O–H groups in total. The van der Waals surface area contributed by atoms with Gasteiger partial charge in [-0.3, -0.25) is 9.69 Å². The van der Waals surface area contributed by atoms with Crippen LogP contribution in [0.5, 0.6) is 0 Å². The van der Waals surface area contributed by atoms with Gasteiger partial charge in [0.15, 0.2) is 0 Å². The third-order valence-electron chi connectivity index (χ3n) is 11.7. The lowest BCUT2D eigenvalue weighted by Gasteiger charge is -2.21. The molecule has 5 heteroatoms. The summed E-state index contributed by atoms with van der Waals surface area (Å²) in [7, 11) is 0. The first-order valence-electron chi connectivity index (χ1n) is 25.7. The number of allylic oxidation sites excluding steroid dienone is 4. The van der Waals surface area contributed by atoms with Gasteiger partial charge in [0.05, 0.1) is 19.8 Å². The summed E-state index contributed by atoms with van der Waals surface area (Å²) in [6.07, 6.45) is 56.0. The molecule has 0 radical (unpaired) electrons. The molecule has 0 fully saturated rings. The van der Waals surface area contributed by atoms with Gasteiger partial charge in [0.25, 0.3) is 0 Å². The molecule has 0 aromatic heterocycles. The van der Waals surface area contributed by atoms with E-state index in [1.54, 1.807) is 0 Å². The van der Waals surface area contributed by atoms with Crippen LogP contribution in [0.4, 0.5) is 0 Å². The molecule has 0 aliphatic rings. The number of aliphatic hydroxyl groups excluding tert-OH is 1. The fraction of sp³-hybridized carbons (Fsp3) is 0.904. The van der Waals surface area contributed by atoms with Crippen LogP contribution in [0, 0.1) is 0 Å². The van der Waals surface area contributed by atoms with Crippen molar-refractivity contribution < 1.29 is 14.6 Å². The number of esters is 1. The van der Waals surface area contributed by atoms with Crippen LogP contribution in [-0.4, -0.2) is 73.4 Å². The van der Waals surface area contributed by atoms with Crippen molar-refractivity contribution in [2.75, 3.05) is 52.5 Å². The van der Waals surface area contributed by atoms with Crippen molar-refractivity contribution in [3.8, 4) is 0 Å². The van der Waals surface area contributed by atoms with E-state index in [-0.39, 0.29) is 12.6 Å². The summed E-state index contributed by atoms with van der Waals surface area (Å²) in [6, 6.07) is 0. The molecule has 0 spiro atoms. The van der Waals surface area contributed by atoms with Gasteiger partial charge in [0.2, 0.25) is 0 Å². The van der Waals surface area contributed by atoms with Gasteiger partial charge in [-0.25, -0.2) is 0 Å². The summed E-state index contributed by atoms with van der Waals surface area (Å²) in [5.74, 6) is -0.0182. The Kier molecular flexibility index (Phi) is 48.2. The molecule has 57 heavy (non-hydrogen) atoms. The first-order valence-corrected chi connectivity index (χ1v) is 25.7. The third-order valence-corrected chi connectivity index (χ3v) is 11.7. The van der Waals surface area contributed by atoms with Crippen LogP contribution in [0.1, 0.15) is 252 Å². The first-order chi connectivity index (χ1) is 28.2. The van der Waals surface area contributed by atoms with E-state index in [1.807, 2.05) is 0 Å². The number of unbranched alkanes of at least 4 members (excludes halogenated alkanes) is 30. The van der Waals surface area contributed by atoms with Crippen molar-refractivity contribution in [2.24, 2.45) is 0 Å². The molecule has 0 unspecified atom stereocenters. The van der Waals surface area contributed by atoms with Gasteiger partial charge < -0.3 is 14.7 Å². The lowest BCUT2D eigenvalue weighted by atomic mass is 10.1. The number of hydrogen-bond acceptors (Lipinski definition) is 5. The van der Waals surface area contributed by atoms with Gasteiger partial charge in [0.1, 0.15) is 0 Å². The molecule has 0 bridgehead atoms. The minimum absolute atomic E-state index is 0.0182. The molecule has 0 rings (SSSR count). The normalized spacial score (nSPS) is 12.0. The maximum atomic E-state index is 12.8. The summed E-state index contributed by atoms with van der Waals surface area (Å²) < 4.78 is 5.72. The predicted octanol–water partition coefficient (Wildman–Crippen LogP) is 15.3. The summed E-state index contributed by atoms with van der Waals surface area (Å²) >= 11 is 0. The second-order valence-corrected chi connectivity index (χ2v) is 17.4. The van der Waals surface area contributed by atoms with Crippen LogP contribution in [-0.2, 0) is 9.53 Å². The largest absolute Gasteiger partial charge is 0.465 e. The Hall–Kier alpha value is -1.17. The molecule has 0 aliphatic heterocycles. The Morgan fingerprint density at radius 1 is 0.404 bits per heavy atom. The lowest BCUT2D eigenvalue weighted by molar-refractivity contribution is -0.145. The lowest BCUT2D eigenvalue weighted by Crippen LogP contribution is -2.33. The number of carbonyl (C=O) groups is 1. The average molecular weight is 803 g/mol. The Balaban J connectivity index is 3.91. The summed E-state index contributed by atoms with van der Waals surface area (Å²) in [6.45, 7) is 13.3. The molecule has 0 amide bonds. The molecule has 338 valence electrons. The number of aliphatic hydroxyl groups is 1. The topological polar surface area (TPSA) is 53.0 Å². The maximum absolute atomic E-state index is 12.8. The maximum Gasteiger partial charge on any atom is 0.320 e. The highest BCUT2D eigenvalue weighted by atomic mass is 16.5. The van der Waals surface area contributed by atoms with Crippen molar-refractivity contribution in [1.29, 1.82) is 0 Å². The van der Waals surface area contributed by atoms with Gasteiger partial charge in [-0.2, -0.15) is 0 Å². The summed E-state index contributed by atoms with van der Waals surface area (Å²) in [4.78, 5) is 17.6. The highest BCUT2D eigenvalue weighted by molar-refractivity contribution is 5.71. The zero-order valence-electron chi connectivity index (χ0n) is 39.1. The molecule has 0 heterocycles. The second-order valence-electron chi connectivity index (χ2n) is 17.4. The van der Waals surface area contributed by atoms with E-state index in [2.05, 4.69) is 54.9 Å². The van der Waals surface area contributed by atoms with Crippen LogP contribution in [0.3, 0.4) is 0 Å². The Morgan fingerprint density at radius 2 is 0.737 bits per heavy atom. The van der Waals surface area contributed by atoms with Crippen molar-refractivity contribution in [1.82, 2.24) is 9.80 Å². The molecule has 0 aliphatic carbocycles. The van der Waals surface area contributed by atoms with Gasteiger partial charge in [0, 0.05) is 6.54 Å². The number of ether oxygens (including phenoxy) is 1. The van der Waals surface area contributed by atoms with E-state index in [9.17, 15) is 9.90 Å². The Bertz CT molecular complexity index is 810. The minimum Gasteiger partial charge on any atom is -0.465 e. The summed E-state index contributed by atoms with van der Waals surface area (Å²) in [5.41, 5.74) is 0. The number of rotatable bonds is 48. The van der Waals surface area contributed by atoms with Crippen molar-refractivity contribution in [3.05, 3.63) is 24.3 Å². The predicted molar refractivity (Wildman–Crippen MR) is 252 cm³/mol. The molecular formula is C52H102N2O3. The summed E-state index contributed by atoms with van der Waals surface area (Å²) in [5, 5.41) is 9.57. The smallest absolute Gasteiger partial charge is 0.320 e. The van der Waals surface area contributed by atoms with Gasteiger partial charge in [-0.15, -0.1) is 0 Å².